The average Bonchev–Trinajstić information content (AvgIpc) is 2.31. The number of benzene rings is 1. The maximum Gasteiger partial charge on any atom is 0.318 e. The molecular weight excluding hydrogens is 202 g/mol. The van der Waals surface area contributed by atoms with E-state index in [1.54, 1.807) is 7.05 Å². The van der Waals surface area contributed by atoms with Crippen molar-refractivity contribution in [2.24, 2.45) is 0 Å². The molecule has 0 aliphatic carbocycles. The third-order valence-corrected chi connectivity index (χ3v) is 2.40. The van der Waals surface area contributed by atoms with Gasteiger partial charge in [-0.15, -0.1) is 0 Å². The fraction of sp³-hybridized carbons (Fsp3) is 0.417. The molecular formula is C12H19N3O. The van der Waals surface area contributed by atoms with Crippen molar-refractivity contribution in [2.75, 3.05) is 17.7 Å². The third kappa shape index (κ3) is 3.81. The smallest absolute Gasteiger partial charge is 0.318 e. The fourth-order valence-electron chi connectivity index (χ4n) is 1.23. The summed E-state index contributed by atoms with van der Waals surface area (Å²) in [5, 5.41) is 8.57. The largest absolute Gasteiger partial charge is 0.383 e. The summed E-state index contributed by atoms with van der Waals surface area (Å²) < 4.78 is 0. The number of hydrogen-bond acceptors (Lipinski definition) is 2. The lowest BCUT2D eigenvalue weighted by atomic mass is 10.2. The van der Waals surface area contributed by atoms with Crippen LogP contribution in [0.4, 0.5) is 16.2 Å². The molecule has 0 aliphatic rings. The minimum atomic E-state index is -0.206. The molecule has 1 aromatic carbocycles. The van der Waals surface area contributed by atoms with Crippen LogP contribution in [-0.4, -0.2) is 19.1 Å². The van der Waals surface area contributed by atoms with Gasteiger partial charge in [0.2, 0.25) is 0 Å². The van der Waals surface area contributed by atoms with E-state index < -0.39 is 0 Å². The van der Waals surface area contributed by atoms with Crippen molar-refractivity contribution in [3.05, 3.63) is 24.3 Å². The molecule has 0 heterocycles. The van der Waals surface area contributed by atoms with E-state index in [1.807, 2.05) is 24.3 Å². The fourth-order valence-corrected chi connectivity index (χ4v) is 1.23. The van der Waals surface area contributed by atoms with Crippen LogP contribution in [0.1, 0.15) is 20.3 Å². The van der Waals surface area contributed by atoms with Gasteiger partial charge >= 0.3 is 6.03 Å². The average molecular weight is 221 g/mol. The van der Waals surface area contributed by atoms with Gasteiger partial charge in [0.15, 0.2) is 0 Å². The van der Waals surface area contributed by atoms with Gasteiger partial charge in [0.1, 0.15) is 0 Å². The first-order valence-electron chi connectivity index (χ1n) is 5.51. The summed E-state index contributed by atoms with van der Waals surface area (Å²) in [6, 6.07) is 7.91. The number of urea groups is 1. The monoisotopic (exact) mass is 221 g/mol. The normalized spacial score (nSPS) is 11.7. The van der Waals surface area contributed by atoms with Crippen LogP contribution in [0.3, 0.4) is 0 Å². The molecule has 0 radical (unpaired) electrons. The Labute approximate surface area is 96.4 Å². The Kier molecular flexibility index (Phi) is 4.64. The standard InChI is InChI=1S/C12H19N3O/c1-4-9(2)14-10-5-7-11(8-6-10)15-12(16)13-3/h5-9,14H,4H2,1-3H3,(H2,13,15,16). The Morgan fingerprint density at radius 3 is 2.31 bits per heavy atom. The Morgan fingerprint density at radius 2 is 1.81 bits per heavy atom. The number of anilines is 2. The molecule has 1 aromatic rings. The van der Waals surface area contributed by atoms with Crippen molar-refractivity contribution in [3.63, 3.8) is 0 Å². The second kappa shape index (κ2) is 6.00. The van der Waals surface area contributed by atoms with Gasteiger partial charge in [0, 0.05) is 24.5 Å². The number of carbonyl (C=O) groups is 1. The number of nitrogens with one attached hydrogen (secondary N) is 3. The summed E-state index contributed by atoms with van der Waals surface area (Å²) >= 11 is 0. The minimum absolute atomic E-state index is 0.206. The highest BCUT2D eigenvalue weighted by molar-refractivity contribution is 5.89. The van der Waals surface area contributed by atoms with Crippen LogP contribution in [0, 0.1) is 0 Å². The molecule has 0 fully saturated rings. The lowest BCUT2D eigenvalue weighted by molar-refractivity contribution is 0.254. The number of amides is 2. The molecule has 0 bridgehead atoms. The van der Waals surface area contributed by atoms with Crippen molar-refractivity contribution in [1.29, 1.82) is 0 Å². The molecule has 16 heavy (non-hydrogen) atoms. The van der Waals surface area contributed by atoms with Crippen molar-refractivity contribution in [3.8, 4) is 0 Å². The Hall–Kier alpha value is -1.71. The van der Waals surface area contributed by atoms with E-state index in [0.29, 0.717) is 6.04 Å². The predicted molar refractivity (Wildman–Crippen MR) is 67.9 cm³/mol. The maximum absolute atomic E-state index is 11.1. The van der Waals surface area contributed by atoms with Crippen LogP contribution in [-0.2, 0) is 0 Å². The molecule has 1 unspecified atom stereocenters. The van der Waals surface area contributed by atoms with Crippen LogP contribution in [0.15, 0.2) is 24.3 Å². The van der Waals surface area contributed by atoms with E-state index in [0.717, 1.165) is 17.8 Å². The third-order valence-electron chi connectivity index (χ3n) is 2.40. The highest BCUT2D eigenvalue weighted by Crippen LogP contribution is 2.14. The van der Waals surface area contributed by atoms with E-state index in [2.05, 4.69) is 29.8 Å². The molecule has 0 aromatic heterocycles. The highest BCUT2D eigenvalue weighted by atomic mass is 16.2. The zero-order chi connectivity index (χ0) is 12.0. The summed E-state index contributed by atoms with van der Waals surface area (Å²) in [4.78, 5) is 11.1. The quantitative estimate of drug-likeness (QED) is 0.732. The maximum atomic E-state index is 11.1. The molecule has 2 amide bonds. The Morgan fingerprint density at radius 1 is 1.25 bits per heavy atom. The van der Waals surface area contributed by atoms with Gasteiger partial charge in [-0.3, -0.25) is 0 Å². The van der Waals surface area contributed by atoms with Crippen LogP contribution in [0.5, 0.6) is 0 Å². The van der Waals surface area contributed by atoms with E-state index in [1.165, 1.54) is 0 Å². The van der Waals surface area contributed by atoms with Gasteiger partial charge in [-0.1, -0.05) is 6.92 Å². The zero-order valence-electron chi connectivity index (χ0n) is 10.0. The van der Waals surface area contributed by atoms with Crippen LogP contribution in [0.2, 0.25) is 0 Å². The van der Waals surface area contributed by atoms with Gasteiger partial charge < -0.3 is 16.0 Å². The van der Waals surface area contributed by atoms with Gasteiger partial charge in [-0.2, -0.15) is 0 Å². The van der Waals surface area contributed by atoms with Crippen LogP contribution < -0.4 is 16.0 Å². The number of rotatable bonds is 4. The summed E-state index contributed by atoms with van der Waals surface area (Å²) in [6.45, 7) is 4.27. The molecule has 88 valence electrons. The minimum Gasteiger partial charge on any atom is -0.383 e. The summed E-state index contributed by atoms with van der Waals surface area (Å²) in [5.74, 6) is 0. The van der Waals surface area contributed by atoms with E-state index in [9.17, 15) is 4.79 Å². The molecule has 0 saturated heterocycles. The first-order chi connectivity index (χ1) is 7.65. The SMILES string of the molecule is CCC(C)Nc1ccc(NC(=O)NC)cc1. The first-order valence-corrected chi connectivity index (χ1v) is 5.51. The number of carbonyl (C=O) groups excluding carboxylic acids is 1. The summed E-state index contributed by atoms with van der Waals surface area (Å²) in [7, 11) is 1.59. The van der Waals surface area contributed by atoms with E-state index in [4.69, 9.17) is 0 Å². The van der Waals surface area contributed by atoms with Gasteiger partial charge in [0.05, 0.1) is 0 Å². The topological polar surface area (TPSA) is 53.2 Å². The second-order valence-corrected chi connectivity index (χ2v) is 3.74. The van der Waals surface area contributed by atoms with Gasteiger partial charge in [-0.05, 0) is 37.6 Å². The number of hydrogen-bond donors (Lipinski definition) is 3. The second-order valence-electron chi connectivity index (χ2n) is 3.74. The zero-order valence-corrected chi connectivity index (χ0v) is 10.0. The van der Waals surface area contributed by atoms with Gasteiger partial charge in [0.25, 0.3) is 0 Å². The lowest BCUT2D eigenvalue weighted by Gasteiger charge is -2.13. The Bertz CT molecular complexity index is 335. The van der Waals surface area contributed by atoms with Crippen LogP contribution >= 0.6 is 0 Å². The van der Waals surface area contributed by atoms with E-state index >= 15 is 0 Å². The highest BCUT2D eigenvalue weighted by Gasteiger charge is 2.00. The molecule has 0 saturated carbocycles. The summed E-state index contributed by atoms with van der Waals surface area (Å²) in [5.41, 5.74) is 1.85. The van der Waals surface area contributed by atoms with Crippen molar-refractivity contribution in [2.45, 2.75) is 26.3 Å². The van der Waals surface area contributed by atoms with Crippen LogP contribution in [0.25, 0.3) is 0 Å². The molecule has 1 atom stereocenters. The van der Waals surface area contributed by atoms with Gasteiger partial charge in [-0.25, -0.2) is 4.79 Å². The molecule has 4 nitrogen and oxygen atoms in total. The predicted octanol–water partition coefficient (Wildman–Crippen LogP) is 2.65. The molecule has 3 N–H and O–H groups in total. The Balaban J connectivity index is 2.57. The first kappa shape index (κ1) is 12.4. The molecule has 0 spiro atoms. The molecule has 1 rings (SSSR count). The van der Waals surface area contributed by atoms with E-state index in [-0.39, 0.29) is 6.03 Å². The lowest BCUT2D eigenvalue weighted by Crippen LogP contribution is -2.24. The summed E-state index contributed by atoms with van der Waals surface area (Å²) in [6.07, 6.45) is 1.08. The molecule has 4 heteroatoms. The van der Waals surface area contributed by atoms with Crippen molar-refractivity contribution in [1.82, 2.24) is 5.32 Å². The van der Waals surface area contributed by atoms with Crippen molar-refractivity contribution >= 4 is 17.4 Å². The van der Waals surface area contributed by atoms with Crippen molar-refractivity contribution < 1.29 is 4.79 Å². The molecule has 0 aliphatic heterocycles.